The second kappa shape index (κ2) is 12.7. The van der Waals surface area contributed by atoms with Crippen LogP contribution in [-0.2, 0) is 4.79 Å². The summed E-state index contributed by atoms with van der Waals surface area (Å²) in [6.45, 7) is 12.1. The zero-order chi connectivity index (χ0) is 26.2. The van der Waals surface area contributed by atoms with E-state index in [1.165, 1.54) is 25.7 Å². The van der Waals surface area contributed by atoms with Crippen LogP contribution in [0.25, 0.3) is 0 Å². The number of aryl methyl sites for hydroxylation is 1. The number of hydrogen-bond donors (Lipinski definition) is 3. The molecule has 2 fully saturated rings. The van der Waals surface area contributed by atoms with E-state index in [4.69, 9.17) is 0 Å². The number of benzene rings is 1. The number of amides is 2. The molecule has 8 heteroatoms. The van der Waals surface area contributed by atoms with Gasteiger partial charge in [0.25, 0.3) is 0 Å². The Balaban J connectivity index is 0.000000819. The van der Waals surface area contributed by atoms with Gasteiger partial charge in [0.15, 0.2) is 0 Å². The van der Waals surface area contributed by atoms with Crippen LogP contribution in [-0.4, -0.2) is 40.2 Å². The number of nitrogens with zero attached hydrogens (tertiary/aromatic N) is 3. The zero-order valence-corrected chi connectivity index (χ0v) is 22.3. The average Bonchev–Trinajstić information content (AvgIpc) is 3.54. The van der Waals surface area contributed by atoms with Gasteiger partial charge in [-0.2, -0.15) is 0 Å². The molecule has 1 heterocycles. The number of carbonyl (C=O) groups is 2. The smallest absolute Gasteiger partial charge is 0.323 e. The minimum atomic E-state index is -0.771. The van der Waals surface area contributed by atoms with Crippen LogP contribution in [0, 0.1) is 24.7 Å². The Kier molecular flexibility index (Phi) is 9.67. The Morgan fingerprint density at radius 3 is 2.06 bits per heavy atom. The molecule has 2 saturated carbocycles. The molecule has 2 aliphatic carbocycles. The third-order valence-electron chi connectivity index (χ3n) is 6.36. The van der Waals surface area contributed by atoms with E-state index in [0.29, 0.717) is 35.5 Å². The molecule has 8 nitrogen and oxygen atoms in total. The van der Waals surface area contributed by atoms with Crippen molar-refractivity contribution in [2.45, 2.75) is 72.6 Å². The predicted octanol–water partition coefficient (Wildman–Crippen LogP) is 6.30. The molecule has 0 aliphatic heterocycles. The molecule has 0 radical (unpaired) electrons. The highest BCUT2D eigenvalue weighted by Crippen LogP contribution is 2.49. The lowest BCUT2D eigenvalue weighted by Crippen LogP contribution is -2.32. The van der Waals surface area contributed by atoms with Crippen molar-refractivity contribution in [2.24, 2.45) is 17.8 Å². The Bertz CT molecular complexity index is 1000. The van der Waals surface area contributed by atoms with E-state index >= 15 is 0 Å². The molecular formula is C28H41N5O3. The summed E-state index contributed by atoms with van der Waals surface area (Å²) in [5, 5.41) is 15.1. The SMILES string of the molecule is C1CCC1.Cc1ncc(NC(=O)Nc2cc(C3CC3C(=O)O)ccc2N(CC(C)C)CC(C)C)cn1. The van der Waals surface area contributed by atoms with Gasteiger partial charge in [0.1, 0.15) is 5.82 Å². The lowest BCUT2D eigenvalue weighted by atomic mass is 10.0. The van der Waals surface area contributed by atoms with Crippen molar-refractivity contribution in [3.63, 3.8) is 0 Å². The largest absolute Gasteiger partial charge is 0.481 e. The highest BCUT2D eigenvalue weighted by atomic mass is 16.4. The number of carboxylic acid groups (broad SMARTS) is 1. The van der Waals surface area contributed by atoms with E-state index in [0.717, 1.165) is 24.3 Å². The molecule has 2 amide bonds. The van der Waals surface area contributed by atoms with Crippen molar-refractivity contribution in [1.82, 2.24) is 9.97 Å². The number of hydrogen-bond acceptors (Lipinski definition) is 5. The van der Waals surface area contributed by atoms with E-state index < -0.39 is 12.0 Å². The van der Waals surface area contributed by atoms with Gasteiger partial charge in [0, 0.05) is 13.1 Å². The number of aromatic nitrogens is 2. The molecule has 0 spiro atoms. The molecule has 196 valence electrons. The zero-order valence-electron chi connectivity index (χ0n) is 22.3. The first-order valence-corrected chi connectivity index (χ1v) is 13.1. The number of urea groups is 1. The molecule has 2 aliphatic rings. The summed E-state index contributed by atoms with van der Waals surface area (Å²) in [5.74, 6) is 0.376. The van der Waals surface area contributed by atoms with Crippen LogP contribution in [0.15, 0.2) is 30.6 Å². The second-order valence-corrected chi connectivity index (χ2v) is 10.8. The van der Waals surface area contributed by atoms with Crippen LogP contribution >= 0.6 is 0 Å². The maximum absolute atomic E-state index is 12.8. The van der Waals surface area contributed by atoms with E-state index in [1.807, 2.05) is 18.2 Å². The minimum absolute atomic E-state index is 0.0145. The van der Waals surface area contributed by atoms with Gasteiger partial charge in [0.2, 0.25) is 0 Å². The molecule has 0 bridgehead atoms. The first-order valence-electron chi connectivity index (χ1n) is 13.1. The normalized spacial score (nSPS) is 18.1. The third kappa shape index (κ3) is 8.21. The first-order chi connectivity index (χ1) is 17.1. The summed E-state index contributed by atoms with van der Waals surface area (Å²) in [4.78, 5) is 34.6. The Hall–Kier alpha value is -3.16. The topological polar surface area (TPSA) is 107 Å². The number of carboxylic acids is 1. The lowest BCUT2D eigenvalue weighted by Gasteiger charge is -2.30. The molecule has 3 N–H and O–H groups in total. The van der Waals surface area contributed by atoms with Crippen LogP contribution in [0.4, 0.5) is 21.9 Å². The molecule has 2 aromatic rings. The van der Waals surface area contributed by atoms with Gasteiger partial charge in [-0.05, 0) is 48.8 Å². The summed E-state index contributed by atoms with van der Waals surface area (Å²) >= 11 is 0. The summed E-state index contributed by atoms with van der Waals surface area (Å²) < 4.78 is 0. The van der Waals surface area contributed by atoms with Crippen LogP contribution < -0.4 is 15.5 Å². The quantitative estimate of drug-likeness (QED) is 0.377. The third-order valence-corrected chi connectivity index (χ3v) is 6.36. The minimum Gasteiger partial charge on any atom is -0.481 e. The van der Waals surface area contributed by atoms with Crippen molar-refractivity contribution in [3.8, 4) is 0 Å². The monoisotopic (exact) mass is 495 g/mol. The number of carbonyl (C=O) groups excluding carboxylic acids is 1. The van der Waals surface area contributed by atoms with E-state index in [2.05, 4.69) is 53.2 Å². The van der Waals surface area contributed by atoms with Crippen molar-refractivity contribution in [3.05, 3.63) is 42.0 Å². The summed E-state index contributed by atoms with van der Waals surface area (Å²) in [7, 11) is 0. The summed E-state index contributed by atoms with van der Waals surface area (Å²) in [6, 6.07) is 5.52. The fourth-order valence-electron chi connectivity index (χ4n) is 4.14. The van der Waals surface area contributed by atoms with E-state index in [1.54, 1.807) is 19.3 Å². The van der Waals surface area contributed by atoms with Crippen LogP contribution in [0.5, 0.6) is 0 Å². The maximum Gasteiger partial charge on any atom is 0.323 e. The van der Waals surface area contributed by atoms with Crippen molar-refractivity contribution < 1.29 is 14.7 Å². The van der Waals surface area contributed by atoms with Gasteiger partial charge in [0.05, 0.1) is 35.4 Å². The molecule has 1 aromatic heterocycles. The predicted molar refractivity (Wildman–Crippen MR) is 145 cm³/mol. The highest BCUT2D eigenvalue weighted by molar-refractivity contribution is 6.01. The van der Waals surface area contributed by atoms with Gasteiger partial charge < -0.3 is 20.6 Å². The second-order valence-electron chi connectivity index (χ2n) is 10.8. The van der Waals surface area contributed by atoms with Gasteiger partial charge in [-0.1, -0.05) is 59.4 Å². The molecular weight excluding hydrogens is 454 g/mol. The standard InChI is InChI=1S/C24H33N5O3.C4H8/c1-14(2)12-29(13-15(3)4)22-7-6-17(19-9-20(19)23(30)31)8-21(22)28-24(32)27-18-10-25-16(5)26-11-18;1-2-4-3-1/h6-8,10-11,14-15,19-20H,9,12-13H2,1-5H3,(H,30,31)(H2,27,28,32);1-4H2. The Morgan fingerprint density at radius 1 is 1.00 bits per heavy atom. The highest BCUT2D eigenvalue weighted by Gasteiger charge is 2.44. The molecule has 0 saturated heterocycles. The lowest BCUT2D eigenvalue weighted by molar-refractivity contribution is -0.138. The van der Waals surface area contributed by atoms with Crippen LogP contribution in [0.3, 0.4) is 0 Å². The van der Waals surface area contributed by atoms with Crippen LogP contribution in [0.1, 0.15) is 77.1 Å². The molecule has 2 unspecified atom stereocenters. The number of aliphatic carboxylic acids is 1. The van der Waals surface area contributed by atoms with Crippen molar-refractivity contribution >= 4 is 29.1 Å². The van der Waals surface area contributed by atoms with E-state index in [9.17, 15) is 14.7 Å². The van der Waals surface area contributed by atoms with Crippen LogP contribution in [0.2, 0.25) is 0 Å². The molecule has 4 rings (SSSR count). The Morgan fingerprint density at radius 2 is 1.58 bits per heavy atom. The number of nitrogens with one attached hydrogen (secondary N) is 2. The Labute approximate surface area is 214 Å². The summed E-state index contributed by atoms with van der Waals surface area (Å²) in [5.41, 5.74) is 3.04. The summed E-state index contributed by atoms with van der Waals surface area (Å²) in [6.07, 6.45) is 9.75. The van der Waals surface area contributed by atoms with Gasteiger partial charge in [-0.3, -0.25) is 4.79 Å². The van der Waals surface area contributed by atoms with Crippen molar-refractivity contribution in [2.75, 3.05) is 28.6 Å². The van der Waals surface area contributed by atoms with E-state index in [-0.39, 0.29) is 11.8 Å². The fourth-order valence-corrected chi connectivity index (χ4v) is 4.14. The number of rotatable bonds is 9. The molecule has 36 heavy (non-hydrogen) atoms. The number of anilines is 3. The molecule has 2 atom stereocenters. The average molecular weight is 496 g/mol. The molecule has 1 aromatic carbocycles. The van der Waals surface area contributed by atoms with Gasteiger partial charge in [-0.15, -0.1) is 0 Å². The fraction of sp³-hybridized carbons (Fsp3) is 0.571. The first kappa shape index (κ1) is 27.4. The van der Waals surface area contributed by atoms with Gasteiger partial charge >= 0.3 is 12.0 Å². The van der Waals surface area contributed by atoms with Crippen molar-refractivity contribution in [1.29, 1.82) is 0 Å². The maximum atomic E-state index is 12.8. The van der Waals surface area contributed by atoms with Gasteiger partial charge in [-0.25, -0.2) is 14.8 Å².